The van der Waals surface area contributed by atoms with Gasteiger partial charge >= 0.3 is 0 Å². The molecule has 1 heterocycles. The number of rotatable bonds is 6. The van der Waals surface area contributed by atoms with Crippen LogP contribution in [0.5, 0.6) is 0 Å². The predicted molar refractivity (Wildman–Crippen MR) is 82.3 cm³/mol. The average molecular weight is 308 g/mol. The lowest BCUT2D eigenvalue weighted by molar-refractivity contribution is -0.128. The number of sulfone groups is 1. The first-order valence-corrected chi connectivity index (χ1v) is 9.01. The van der Waals surface area contributed by atoms with Gasteiger partial charge in [0.1, 0.15) is 9.84 Å². The summed E-state index contributed by atoms with van der Waals surface area (Å²) < 4.78 is 22.9. The molecular formula is C15H20N2O3S. The second-order valence-corrected chi connectivity index (χ2v) is 7.72. The van der Waals surface area contributed by atoms with Gasteiger partial charge in [0, 0.05) is 36.8 Å². The number of carbonyl (C=O) groups is 1. The highest BCUT2D eigenvalue weighted by Crippen LogP contribution is 2.29. The molecule has 1 fully saturated rings. The summed E-state index contributed by atoms with van der Waals surface area (Å²) in [7, 11) is -3.10. The minimum Gasteiger partial charge on any atom is -0.332 e. The van der Waals surface area contributed by atoms with Gasteiger partial charge in [-0.25, -0.2) is 8.42 Å². The highest BCUT2D eigenvalue weighted by atomic mass is 32.2. The van der Waals surface area contributed by atoms with Crippen molar-refractivity contribution in [2.45, 2.75) is 31.8 Å². The molecule has 2 rings (SSSR count). The van der Waals surface area contributed by atoms with E-state index in [9.17, 15) is 13.2 Å². The van der Waals surface area contributed by atoms with Crippen LogP contribution in [0.3, 0.4) is 0 Å². The van der Waals surface area contributed by atoms with Gasteiger partial charge in [-0.15, -0.1) is 0 Å². The van der Waals surface area contributed by atoms with E-state index in [1.807, 2.05) is 6.07 Å². The van der Waals surface area contributed by atoms with Crippen LogP contribution in [0, 0.1) is 0 Å². The summed E-state index contributed by atoms with van der Waals surface area (Å²) in [5.74, 6) is -0.145. The van der Waals surface area contributed by atoms with Crippen LogP contribution in [-0.4, -0.2) is 48.3 Å². The Morgan fingerprint density at radius 2 is 2.24 bits per heavy atom. The van der Waals surface area contributed by atoms with Gasteiger partial charge in [-0.2, -0.15) is 0 Å². The summed E-state index contributed by atoms with van der Waals surface area (Å²) in [6, 6.07) is 3.53. The van der Waals surface area contributed by atoms with Crippen molar-refractivity contribution in [2.24, 2.45) is 0 Å². The summed E-state index contributed by atoms with van der Waals surface area (Å²) in [6.07, 6.45) is 9.63. The summed E-state index contributed by atoms with van der Waals surface area (Å²) >= 11 is 0. The fourth-order valence-corrected chi connectivity index (χ4v) is 3.39. The molecular weight excluding hydrogens is 288 g/mol. The predicted octanol–water partition coefficient (Wildman–Crippen LogP) is 1.52. The second-order valence-electron chi connectivity index (χ2n) is 5.54. The maximum Gasteiger partial charge on any atom is 0.247 e. The van der Waals surface area contributed by atoms with E-state index in [0.29, 0.717) is 0 Å². The number of nitrogens with zero attached hydrogens (tertiary/aromatic N) is 2. The largest absolute Gasteiger partial charge is 0.332 e. The van der Waals surface area contributed by atoms with E-state index >= 15 is 0 Å². The van der Waals surface area contributed by atoms with Gasteiger partial charge < -0.3 is 4.90 Å². The molecule has 6 heteroatoms. The number of hydrogen-bond acceptors (Lipinski definition) is 4. The van der Waals surface area contributed by atoms with Crippen molar-refractivity contribution in [3.8, 4) is 0 Å². The number of pyridine rings is 1. The van der Waals surface area contributed by atoms with Crippen LogP contribution in [0.15, 0.2) is 30.6 Å². The Morgan fingerprint density at radius 1 is 1.52 bits per heavy atom. The molecule has 1 aromatic heterocycles. The lowest BCUT2D eigenvalue weighted by Crippen LogP contribution is -2.43. The van der Waals surface area contributed by atoms with Gasteiger partial charge in [-0.1, -0.05) is 6.07 Å². The molecule has 0 N–H and O–H groups in total. The van der Waals surface area contributed by atoms with Crippen molar-refractivity contribution in [2.75, 3.05) is 12.0 Å². The molecule has 1 aliphatic carbocycles. The molecule has 1 aromatic rings. The zero-order valence-electron chi connectivity index (χ0n) is 12.3. The zero-order valence-corrected chi connectivity index (χ0v) is 13.1. The molecule has 1 aliphatic rings. The first-order chi connectivity index (χ1) is 9.87. The van der Waals surface area contributed by atoms with Crippen LogP contribution in [0.2, 0.25) is 0 Å². The average Bonchev–Trinajstić information content (AvgIpc) is 3.20. The second kappa shape index (κ2) is 6.39. The number of hydrogen-bond donors (Lipinski definition) is 0. The van der Waals surface area contributed by atoms with Gasteiger partial charge in [-0.3, -0.25) is 9.78 Å². The van der Waals surface area contributed by atoms with E-state index in [0.717, 1.165) is 18.4 Å². The van der Waals surface area contributed by atoms with Crippen molar-refractivity contribution in [3.05, 3.63) is 36.2 Å². The molecule has 5 nitrogen and oxygen atoms in total. The van der Waals surface area contributed by atoms with E-state index < -0.39 is 9.84 Å². The molecule has 0 spiro atoms. The van der Waals surface area contributed by atoms with Crippen LogP contribution >= 0.6 is 0 Å². The van der Waals surface area contributed by atoms with Crippen LogP contribution in [0.25, 0.3) is 6.08 Å². The number of aromatic nitrogens is 1. The lowest BCUT2D eigenvalue weighted by atomic mass is 10.2. The Bertz CT molecular complexity index is 622. The van der Waals surface area contributed by atoms with E-state index in [1.54, 1.807) is 36.4 Å². The van der Waals surface area contributed by atoms with Gasteiger partial charge in [-0.05, 0) is 37.5 Å². The normalized spacial score (nSPS) is 16.9. The topological polar surface area (TPSA) is 67.3 Å². The first-order valence-electron chi connectivity index (χ1n) is 6.95. The van der Waals surface area contributed by atoms with Crippen LogP contribution < -0.4 is 0 Å². The summed E-state index contributed by atoms with van der Waals surface area (Å²) in [4.78, 5) is 18.0. The smallest absolute Gasteiger partial charge is 0.247 e. The van der Waals surface area contributed by atoms with E-state index in [-0.39, 0.29) is 23.7 Å². The Hall–Kier alpha value is -1.69. The molecule has 0 bridgehead atoms. The fraction of sp³-hybridized carbons (Fsp3) is 0.467. The minimum absolute atomic E-state index is 0.00400. The molecule has 114 valence electrons. The van der Waals surface area contributed by atoms with Gasteiger partial charge in [0.25, 0.3) is 0 Å². The maximum atomic E-state index is 12.3. The monoisotopic (exact) mass is 308 g/mol. The van der Waals surface area contributed by atoms with Gasteiger partial charge in [0.05, 0.1) is 5.75 Å². The quantitative estimate of drug-likeness (QED) is 0.747. The van der Waals surface area contributed by atoms with Crippen molar-refractivity contribution >= 4 is 21.8 Å². The van der Waals surface area contributed by atoms with E-state index in [1.165, 1.54) is 12.3 Å². The van der Waals surface area contributed by atoms with Crippen molar-refractivity contribution in [3.63, 3.8) is 0 Å². The zero-order chi connectivity index (χ0) is 15.5. The fourth-order valence-electron chi connectivity index (χ4n) is 2.36. The molecule has 1 amide bonds. The van der Waals surface area contributed by atoms with E-state index in [4.69, 9.17) is 0 Å². The molecule has 1 saturated carbocycles. The summed E-state index contributed by atoms with van der Waals surface area (Å²) in [6.45, 7) is 1.79. The van der Waals surface area contributed by atoms with Gasteiger partial charge in [0.15, 0.2) is 0 Å². The minimum atomic E-state index is -3.10. The van der Waals surface area contributed by atoms with Crippen molar-refractivity contribution in [1.82, 2.24) is 9.88 Å². The molecule has 1 atom stereocenters. The van der Waals surface area contributed by atoms with Crippen molar-refractivity contribution < 1.29 is 13.2 Å². The maximum absolute atomic E-state index is 12.3. The third-order valence-electron chi connectivity index (χ3n) is 3.32. The van der Waals surface area contributed by atoms with Crippen LogP contribution in [0.4, 0.5) is 0 Å². The standard InChI is InChI=1S/C15H20N2O3S/c1-12(11-21(2,19)20)17(14-6-7-14)15(18)8-5-13-4-3-9-16-10-13/h3-5,8-10,12,14H,6-7,11H2,1-2H3. The summed E-state index contributed by atoms with van der Waals surface area (Å²) in [5, 5.41) is 0. The molecule has 0 saturated heterocycles. The Morgan fingerprint density at radius 3 is 2.76 bits per heavy atom. The Labute approximate surface area is 125 Å². The van der Waals surface area contributed by atoms with Crippen molar-refractivity contribution in [1.29, 1.82) is 0 Å². The Balaban J connectivity index is 2.08. The SMILES string of the molecule is CC(CS(C)(=O)=O)N(C(=O)C=Cc1cccnc1)C1CC1. The molecule has 0 aliphatic heterocycles. The third-order valence-corrected chi connectivity index (χ3v) is 4.40. The molecule has 1 unspecified atom stereocenters. The Kier molecular flexibility index (Phi) is 4.77. The van der Waals surface area contributed by atoms with Crippen LogP contribution in [-0.2, 0) is 14.6 Å². The first kappa shape index (κ1) is 15.7. The summed E-state index contributed by atoms with van der Waals surface area (Å²) in [5.41, 5.74) is 0.845. The number of amides is 1. The van der Waals surface area contributed by atoms with Crippen LogP contribution in [0.1, 0.15) is 25.3 Å². The van der Waals surface area contributed by atoms with Gasteiger partial charge in [0.2, 0.25) is 5.91 Å². The highest BCUT2D eigenvalue weighted by molar-refractivity contribution is 7.90. The highest BCUT2D eigenvalue weighted by Gasteiger charge is 2.35. The third kappa shape index (κ3) is 4.97. The van der Waals surface area contributed by atoms with E-state index in [2.05, 4.69) is 4.98 Å². The molecule has 21 heavy (non-hydrogen) atoms. The lowest BCUT2D eigenvalue weighted by Gasteiger charge is -2.27. The molecule has 0 radical (unpaired) electrons. The molecule has 0 aromatic carbocycles. The number of carbonyl (C=O) groups excluding carboxylic acids is 1.